The van der Waals surface area contributed by atoms with Crippen molar-refractivity contribution in [2.24, 2.45) is 0 Å². The van der Waals surface area contributed by atoms with E-state index < -0.39 is 17.8 Å². The molecule has 0 N–H and O–H groups in total. The maximum Gasteiger partial charge on any atom is 0.144 e. The molecule has 0 atom stereocenters. The fourth-order valence-electron chi connectivity index (χ4n) is 4.20. The van der Waals surface area contributed by atoms with Crippen LogP contribution in [-0.2, 0) is 45.8 Å². The molecule has 3 aromatic rings. The maximum absolute atomic E-state index is 11.2. The van der Waals surface area contributed by atoms with Gasteiger partial charge in [0.05, 0.1) is 0 Å². The average Bonchev–Trinajstić information content (AvgIpc) is 2.85. The first-order chi connectivity index (χ1) is 18.4. The molecule has 0 saturated carbocycles. The molecular formula is C33H36FeO6. The van der Waals surface area contributed by atoms with Gasteiger partial charge in [-0.25, -0.2) is 0 Å². The largest absolute Gasteiger partial charge is 0.299 e. The number of carbonyl (C=O) groups excluding carboxylic acids is 6. The number of hydrogen-bond donors (Lipinski definition) is 0. The van der Waals surface area contributed by atoms with Crippen LogP contribution in [0.15, 0.2) is 91.0 Å². The second kappa shape index (κ2) is 18.5. The summed E-state index contributed by atoms with van der Waals surface area (Å²) >= 11 is 0. The van der Waals surface area contributed by atoms with E-state index in [0.29, 0.717) is 0 Å². The van der Waals surface area contributed by atoms with Crippen LogP contribution in [0.4, 0.5) is 0 Å². The second-order valence-electron chi connectivity index (χ2n) is 9.19. The van der Waals surface area contributed by atoms with Gasteiger partial charge in [-0.1, -0.05) is 91.0 Å². The fraction of sp³-hybridized carbons (Fsp3) is 0.273. The third-order valence-electron chi connectivity index (χ3n) is 5.84. The summed E-state index contributed by atoms with van der Waals surface area (Å²) in [4.78, 5) is 67.0. The Morgan fingerprint density at radius 2 is 0.500 bits per heavy atom. The minimum Gasteiger partial charge on any atom is -0.299 e. The zero-order valence-corrected chi connectivity index (χ0v) is 24.8. The zero-order valence-electron chi connectivity index (χ0n) is 23.7. The first kappa shape index (κ1) is 36.2. The molecular weight excluding hydrogens is 548 g/mol. The number of carbonyl (C=O) groups is 6. The summed E-state index contributed by atoms with van der Waals surface area (Å²) in [6, 6.07) is 27.3. The maximum atomic E-state index is 11.2. The van der Waals surface area contributed by atoms with E-state index in [2.05, 4.69) is 0 Å². The molecule has 212 valence electrons. The average molecular weight is 584 g/mol. The Morgan fingerprint density at radius 1 is 0.350 bits per heavy atom. The van der Waals surface area contributed by atoms with Crippen LogP contribution in [0.5, 0.6) is 0 Å². The Morgan fingerprint density at radius 3 is 0.625 bits per heavy atom. The van der Waals surface area contributed by atoms with Crippen molar-refractivity contribution in [1.82, 2.24) is 0 Å². The van der Waals surface area contributed by atoms with Crippen LogP contribution in [0.1, 0.15) is 76.0 Å². The third kappa shape index (κ3) is 11.9. The number of rotatable bonds is 9. The van der Waals surface area contributed by atoms with Crippen LogP contribution in [0.2, 0.25) is 0 Å². The van der Waals surface area contributed by atoms with Crippen molar-refractivity contribution in [3.8, 4) is 0 Å². The van der Waals surface area contributed by atoms with Crippen molar-refractivity contribution in [3.63, 3.8) is 0 Å². The molecule has 0 fully saturated rings. The quantitative estimate of drug-likeness (QED) is 0.231. The Hall–Kier alpha value is -3.80. The molecule has 0 aliphatic heterocycles. The smallest absolute Gasteiger partial charge is 0.144 e. The minimum absolute atomic E-state index is 0. The van der Waals surface area contributed by atoms with Gasteiger partial charge in [0.1, 0.15) is 52.5 Å². The molecule has 40 heavy (non-hydrogen) atoms. The molecule has 0 aliphatic rings. The Bertz CT molecular complexity index is 1070. The van der Waals surface area contributed by atoms with Gasteiger partial charge in [-0.3, -0.25) is 28.8 Å². The molecule has 0 radical (unpaired) electrons. The molecule has 0 saturated heterocycles. The van der Waals surface area contributed by atoms with Crippen molar-refractivity contribution >= 4 is 34.7 Å². The van der Waals surface area contributed by atoms with E-state index in [0.717, 1.165) is 16.7 Å². The molecule has 0 amide bonds. The summed E-state index contributed by atoms with van der Waals surface area (Å²) in [7, 11) is 0. The fourth-order valence-corrected chi connectivity index (χ4v) is 4.20. The summed E-state index contributed by atoms with van der Waals surface area (Å²) in [6.45, 7) is 8.66. The standard InChI is InChI=1S/3C11H12O2.Fe/c3*1-8(12)11(9(2)13)10-6-4-3-5-7-10;/h3*3-7,11H,1-2H3;. The number of ketones is 6. The van der Waals surface area contributed by atoms with Crippen LogP contribution in [0.3, 0.4) is 0 Å². The van der Waals surface area contributed by atoms with Crippen molar-refractivity contribution in [1.29, 1.82) is 0 Å². The van der Waals surface area contributed by atoms with E-state index in [4.69, 9.17) is 0 Å². The number of hydrogen-bond acceptors (Lipinski definition) is 6. The van der Waals surface area contributed by atoms with E-state index in [1.54, 1.807) is 36.4 Å². The molecule has 0 heterocycles. The molecule has 3 aromatic carbocycles. The molecule has 0 unspecified atom stereocenters. The summed E-state index contributed by atoms with van der Waals surface area (Å²) < 4.78 is 0. The van der Waals surface area contributed by atoms with Gasteiger partial charge in [-0.05, 0) is 58.2 Å². The zero-order chi connectivity index (χ0) is 29.5. The van der Waals surface area contributed by atoms with Gasteiger partial charge in [-0.2, -0.15) is 0 Å². The third-order valence-corrected chi connectivity index (χ3v) is 5.84. The topological polar surface area (TPSA) is 102 Å². The van der Waals surface area contributed by atoms with Crippen LogP contribution >= 0.6 is 0 Å². The number of benzene rings is 3. The minimum atomic E-state index is -0.582. The summed E-state index contributed by atoms with van der Waals surface area (Å²) in [5.41, 5.74) is 2.34. The van der Waals surface area contributed by atoms with Crippen molar-refractivity contribution in [2.45, 2.75) is 59.3 Å². The molecule has 0 aliphatic carbocycles. The predicted octanol–water partition coefficient (Wildman–Crippen LogP) is 5.84. The van der Waals surface area contributed by atoms with Crippen molar-refractivity contribution in [2.75, 3.05) is 0 Å². The van der Waals surface area contributed by atoms with E-state index in [1.165, 1.54) is 41.5 Å². The van der Waals surface area contributed by atoms with Crippen molar-refractivity contribution < 1.29 is 45.8 Å². The molecule has 0 aromatic heterocycles. The van der Waals surface area contributed by atoms with Gasteiger partial charge < -0.3 is 0 Å². The molecule has 3 rings (SSSR count). The molecule has 7 heteroatoms. The first-order valence-corrected chi connectivity index (χ1v) is 12.6. The van der Waals surface area contributed by atoms with Gasteiger partial charge in [-0.15, -0.1) is 0 Å². The van der Waals surface area contributed by atoms with Crippen LogP contribution in [0.25, 0.3) is 0 Å². The molecule has 0 spiro atoms. The van der Waals surface area contributed by atoms with Gasteiger partial charge >= 0.3 is 0 Å². The number of Topliss-reactive ketones (excluding diaryl/α,β-unsaturated/α-hetero) is 6. The van der Waals surface area contributed by atoms with E-state index in [9.17, 15) is 28.8 Å². The van der Waals surface area contributed by atoms with E-state index in [1.807, 2.05) is 54.6 Å². The van der Waals surface area contributed by atoms with Gasteiger partial charge in [0.25, 0.3) is 0 Å². The SMILES string of the molecule is CC(=O)C(C(C)=O)c1ccccc1.CC(=O)C(C(C)=O)c1ccccc1.CC(=O)C(C(C)=O)c1ccccc1.[Fe]. The van der Waals surface area contributed by atoms with Gasteiger partial charge in [0.15, 0.2) is 0 Å². The molecule has 0 bridgehead atoms. The van der Waals surface area contributed by atoms with Crippen LogP contribution < -0.4 is 0 Å². The van der Waals surface area contributed by atoms with Crippen LogP contribution in [0, 0.1) is 0 Å². The first-order valence-electron chi connectivity index (χ1n) is 12.6. The summed E-state index contributed by atoms with van der Waals surface area (Å²) in [5.74, 6) is -2.34. The Labute approximate surface area is 247 Å². The summed E-state index contributed by atoms with van der Waals surface area (Å²) in [6.07, 6.45) is 0. The van der Waals surface area contributed by atoms with Crippen LogP contribution in [-0.4, -0.2) is 34.7 Å². The Balaban J connectivity index is 0.000000563. The Kier molecular flexibility index (Phi) is 16.7. The summed E-state index contributed by atoms with van der Waals surface area (Å²) in [5, 5.41) is 0. The predicted molar refractivity (Wildman–Crippen MR) is 152 cm³/mol. The normalized spacial score (nSPS) is 9.82. The van der Waals surface area contributed by atoms with E-state index in [-0.39, 0.29) is 51.8 Å². The van der Waals surface area contributed by atoms with Gasteiger partial charge in [0.2, 0.25) is 0 Å². The van der Waals surface area contributed by atoms with E-state index >= 15 is 0 Å². The van der Waals surface area contributed by atoms with Gasteiger partial charge in [0, 0.05) is 17.1 Å². The van der Waals surface area contributed by atoms with Crippen molar-refractivity contribution in [3.05, 3.63) is 108 Å². The molecule has 6 nitrogen and oxygen atoms in total. The second-order valence-corrected chi connectivity index (χ2v) is 9.19. The monoisotopic (exact) mass is 584 g/mol.